The molecule has 1 atom stereocenters. The Morgan fingerprint density at radius 1 is 0.906 bits per heavy atom. The molecule has 1 N–H and O–H groups in total. The number of nitro groups is 1. The molecule has 0 radical (unpaired) electrons. The van der Waals surface area contributed by atoms with Gasteiger partial charge in [-0.2, -0.15) is 17.9 Å². The monoisotopic (exact) mass is 466 g/mol. The molecule has 0 saturated heterocycles. The second-order valence-electron chi connectivity index (χ2n) is 6.70. The van der Waals surface area contributed by atoms with Gasteiger partial charge in [-0.3, -0.25) is 10.1 Å². The molecule has 0 bridgehead atoms. The van der Waals surface area contributed by atoms with Crippen molar-refractivity contribution in [1.82, 2.24) is 4.72 Å². The summed E-state index contributed by atoms with van der Waals surface area (Å²) in [6.45, 7) is 0. The summed E-state index contributed by atoms with van der Waals surface area (Å²) < 4.78 is 72.2. The summed E-state index contributed by atoms with van der Waals surface area (Å²) in [6.07, 6.45) is -4.54. The highest BCUT2D eigenvalue weighted by Gasteiger charge is 2.31. The average molecular weight is 466 g/mol. The van der Waals surface area contributed by atoms with E-state index in [4.69, 9.17) is 4.74 Å². The first-order valence-electron chi connectivity index (χ1n) is 9.09. The first-order chi connectivity index (χ1) is 15.0. The van der Waals surface area contributed by atoms with E-state index in [0.29, 0.717) is 11.3 Å². The van der Waals surface area contributed by atoms with E-state index in [-0.39, 0.29) is 16.1 Å². The third-order valence-electron chi connectivity index (χ3n) is 4.65. The lowest BCUT2D eigenvalue weighted by Crippen LogP contribution is -2.29. The highest BCUT2D eigenvalue weighted by atomic mass is 32.2. The van der Waals surface area contributed by atoms with Crippen molar-refractivity contribution in [1.29, 1.82) is 0 Å². The van der Waals surface area contributed by atoms with Crippen LogP contribution in [0.1, 0.15) is 22.7 Å². The number of hydrogen-bond acceptors (Lipinski definition) is 5. The standard InChI is InChI=1S/C21H17F3N2O5S/c1-31-18-10-4-15(5-11-18)20(14-2-6-16(7-3-14)21(22,23)24)25-32(29,30)19-12-8-17(9-13-19)26(27)28/h2-13,20,25H,1H3/t20-/m1/s1. The van der Waals surface area contributed by atoms with Gasteiger partial charge in [-0.05, 0) is 47.5 Å². The maximum atomic E-state index is 12.9. The highest BCUT2D eigenvalue weighted by Crippen LogP contribution is 2.32. The molecular weight excluding hydrogens is 449 g/mol. The van der Waals surface area contributed by atoms with Crippen LogP contribution in [0.5, 0.6) is 5.75 Å². The quantitative estimate of drug-likeness (QED) is 0.402. The van der Waals surface area contributed by atoms with Crippen LogP contribution < -0.4 is 9.46 Å². The summed E-state index contributed by atoms with van der Waals surface area (Å²) in [6, 6.07) is 13.7. The maximum Gasteiger partial charge on any atom is 0.416 e. The van der Waals surface area contributed by atoms with Gasteiger partial charge in [-0.1, -0.05) is 24.3 Å². The first kappa shape index (κ1) is 23.2. The molecule has 0 unspecified atom stereocenters. The number of rotatable bonds is 7. The average Bonchev–Trinajstić information content (AvgIpc) is 2.77. The van der Waals surface area contributed by atoms with Crippen molar-refractivity contribution < 1.29 is 31.2 Å². The minimum Gasteiger partial charge on any atom is -0.497 e. The number of ether oxygens (including phenoxy) is 1. The molecule has 0 amide bonds. The molecular formula is C21H17F3N2O5S. The van der Waals surface area contributed by atoms with Crippen LogP contribution in [0.4, 0.5) is 18.9 Å². The molecule has 168 valence electrons. The van der Waals surface area contributed by atoms with E-state index < -0.39 is 32.7 Å². The molecule has 32 heavy (non-hydrogen) atoms. The Morgan fingerprint density at radius 3 is 1.84 bits per heavy atom. The molecule has 3 aromatic rings. The van der Waals surface area contributed by atoms with Gasteiger partial charge >= 0.3 is 6.18 Å². The number of alkyl halides is 3. The summed E-state index contributed by atoms with van der Waals surface area (Å²) in [4.78, 5) is 9.92. The van der Waals surface area contributed by atoms with Gasteiger partial charge in [0.1, 0.15) is 5.75 Å². The van der Waals surface area contributed by atoms with Crippen LogP contribution in [-0.4, -0.2) is 20.5 Å². The lowest BCUT2D eigenvalue weighted by atomic mass is 9.98. The Bertz CT molecular complexity index is 1190. The van der Waals surface area contributed by atoms with Crippen LogP contribution in [0.2, 0.25) is 0 Å². The largest absolute Gasteiger partial charge is 0.497 e. The first-order valence-corrected chi connectivity index (χ1v) is 10.6. The number of hydrogen-bond donors (Lipinski definition) is 1. The summed E-state index contributed by atoms with van der Waals surface area (Å²) >= 11 is 0. The zero-order valence-electron chi connectivity index (χ0n) is 16.5. The van der Waals surface area contributed by atoms with E-state index in [9.17, 15) is 31.7 Å². The van der Waals surface area contributed by atoms with E-state index in [1.54, 1.807) is 24.3 Å². The van der Waals surface area contributed by atoms with Crippen molar-refractivity contribution in [2.75, 3.05) is 7.11 Å². The highest BCUT2D eigenvalue weighted by molar-refractivity contribution is 7.89. The van der Waals surface area contributed by atoms with Crippen molar-refractivity contribution in [3.8, 4) is 5.75 Å². The number of benzene rings is 3. The third kappa shape index (κ3) is 5.24. The van der Waals surface area contributed by atoms with Crippen molar-refractivity contribution in [3.05, 3.63) is 99.6 Å². The Labute approximate surface area is 181 Å². The minimum absolute atomic E-state index is 0.228. The lowest BCUT2D eigenvalue weighted by molar-refractivity contribution is -0.384. The zero-order valence-corrected chi connectivity index (χ0v) is 17.4. The summed E-state index contributed by atoms with van der Waals surface area (Å²) in [5.74, 6) is 0.512. The van der Waals surface area contributed by atoms with E-state index >= 15 is 0 Å². The number of sulfonamides is 1. The van der Waals surface area contributed by atoms with Gasteiger partial charge in [0.2, 0.25) is 10.0 Å². The SMILES string of the molecule is COc1ccc([C@H](NS(=O)(=O)c2ccc([N+](=O)[O-])cc2)c2ccc(C(F)(F)F)cc2)cc1. The fraction of sp³-hybridized carbons (Fsp3) is 0.143. The fourth-order valence-electron chi connectivity index (χ4n) is 2.96. The molecule has 11 heteroatoms. The normalized spacial score (nSPS) is 12.9. The van der Waals surface area contributed by atoms with E-state index in [1.807, 2.05) is 0 Å². The summed E-state index contributed by atoms with van der Waals surface area (Å²) in [5, 5.41) is 10.8. The van der Waals surface area contributed by atoms with Gasteiger partial charge in [-0.15, -0.1) is 0 Å². The van der Waals surface area contributed by atoms with Crippen LogP contribution in [0, 0.1) is 10.1 Å². The Morgan fingerprint density at radius 2 is 1.41 bits per heavy atom. The number of nitro benzene ring substituents is 1. The maximum absolute atomic E-state index is 12.9. The number of nitrogens with one attached hydrogen (secondary N) is 1. The smallest absolute Gasteiger partial charge is 0.416 e. The molecule has 0 heterocycles. The molecule has 0 spiro atoms. The second kappa shape index (κ2) is 8.97. The number of methoxy groups -OCH3 is 1. The van der Waals surface area contributed by atoms with Crippen LogP contribution in [0.25, 0.3) is 0 Å². The van der Waals surface area contributed by atoms with Gasteiger partial charge in [0.15, 0.2) is 0 Å². The molecule has 7 nitrogen and oxygen atoms in total. The zero-order chi connectivity index (χ0) is 23.5. The summed E-state index contributed by atoms with van der Waals surface area (Å²) in [7, 11) is -2.72. The minimum atomic E-state index is -4.54. The van der Waals surface area contributed by atoms with Crippen molar-refractivity contribution in [3.63, 3.8) is 0 Å². The van der Waals surface area contributed by atoms with Crippen LogP contribution in [0.15, 0.2) is 77.7 Å². The molecule has 0 aliphatic carbocycles. The molecule has 0 saturated carbocycles. The van der Waals surface area contributed by atoms with Crippen molar-refractivity contribution in [2.45, 2.75) is 17.1 Å². The molecule has 0 aromatic heterocycles. The third-order valence-corrected chi connectivity index (χ3v) is 6.09. The Balaban J connectivity index is 2.00. The lowest BCUT2D eigenvalue weighted by Gasteiger charge is -2.21. The number of nitrogens with zero attached hydrogens (tertiary/aromatic N) is 1. The molecule has 3 aromatic carbocycles. The van der Waals surface area contributed by atoms with Crippen LogP contribution >= 0.6 is 0 Å². The summed E-state index contributed by atoms with van der Waals surface area (Å²) in [5.41, 5.74) is -0.420. The van der Waals surface area contributed by atoms with E-state index in [1.165, 1.54) is 19.2 Å². The van der Waals surface area contributed by atoms with Gasteiger partial charge in [0, 0.05) is 12.1 Å². The van der Waals surface area contributed by atoms with Gasteiger partial charge in [-0.25, -0.2) is 8.42 Å². The molecule has 0 aliphatic heterocycles. The number of halogens is 3. The number of non-ortho nitro benzene ring substituents is 1. The molecule has 0 aliphatic rings. The van der Waals surface area contributed by atoms with Gasteiger partial charge < -0.3 is 4.74 Å². The Hall–Kier alpha value is -3.44. The fourth-order valence-corrected chi connectivity index (χ4v) is 4.17. The predicted octanol–water partition coefficient (Wildman–Crippen LogP) is 4.69. The second-order valence-corrected chi connectivity index (χ2v) is 8.41. The van der Waals surface area contributed by atoms with E-state index in [0.717, 1.165) is 36.4 Å². The van der Waals surface area contributed by atoms with Crippen LogP contribution in [0.3, 0.4) is 0 Å². The van der Waals surface area contributed by atoms with Crippen molar-refractivity contribution in [2.24, 2.45) is 0 Å². The topological polar surface area (TPSA) is 98.5 Å². The molecule has 0 fully saturated rings. The molecule has 3 rings (SSSR count). The van der Waals surface area contributed by atoms with E-state index in [2.05, 4.69) is 4.72 Å². The van der Waals surface area contributed by atoms with Crippen LogP contribution in [-0.2, 0) is 16.2 Å². The van der Waals surface area contributed by atoms with Gasteiger partial charge in [0.25, 0.3) is 5.69 Å². The predicted molar refractivity (Wildman–Crippen MR) is 110 cm³/mol. The Kier molecular flexibility index (Phi) is 6.51. The van der Waals surface area contributed by atoms with Crippen molar-refractivity contribution >= 4 is 15.7 Å². The van der Waals surface area contributed by atoms with Gasteiger partial charge in [0.05, 0.1) is 28.5 Å².